The maximum Gasteiger partial charge on any atom is 0.164 e. The van der Waals surface area contributed by atoms with Crippen LogP contribution in [0, 0.1) is 0 Å². The summed E-state index contributed by atoms with van der Waals surface area (Å²) in [5.74, 6) is 1.65. The van der Waals surface area contributed by atoms with Crippen LogP contribution in [0.3, 0.4) is 0 Å². The van der Waals surface area contributed by atoms with Crippen molar-refractivity contribution in [1.29, 1.82) is 0 Å². The molecule has 0 aliphatic rings. The van der Waals surface area contributed by atoms with Gasteiger partial charge in [-0.15, -0.1) is 11.3 Å². The number of thiophene rings is 1. The van der Waals surface area contributed by atoms with Crippen molar-refractivity contribution in [1.82, 2.24) is 24.1 Å². The lowest BCUT2D eigenvalue weighted by Crippen LogP contribution is -2.01. The van der Waals surface area contributed by atoms with Gasteiger partial charge < -0.3 is 18.0 Å². The van der Waals surface area contributed by atoms with Crippen molar-refractivity contribution in [3.63, 3.8) is 0 Å². The van der Waals surface area contributed by atoms with Gasteiger partial charge in [-0.25, -0.2) is 15.0 Å². The van der Waals surface area contributed by atoms with E-state index in [0.29, 0.717) is 17.5 Å². The third-order valence-corrected chi connectivity index (χ3v) is 19.1. The Morgan fingerprint density at radius 3 is 1.55 bits per heavy atom. The van der Waals surface area contributed by atoms with Crippen molar-refractivity contribution in [3.8, 4) is 78.9 Å². The molecule has 6 heterocycles. The lowest BCUT2D eigenvalue weighted by atomic mass is 9.96. The minimum atomic E-state index is 0.543. The second kappa shape index (κ2) is 19.4. The van der Waals surface area contributed by atoms with Crippen LogP contribution in [0.4, 0.5) is 0 Å². The van der Waals surface area contributed by atoms with Crippen LogP contribution >= 0.6 is 11.3 Å². The smallest absolute Gasteiger partial charge is 0.164 e. The standard InChI is InChI=1S/C81H47N5O2S/c1-2-19-55(20-3-1)85-69-30-10-6-24-60(69)64-46-52(35-39-70(64)85)57-26-15-33-76-78(57)66-45-50(37-41-75(66)89-76)49-36-40-72-65(44-49)77-63(27-14-32-73(77)87-72)81-83-79(53-17-12-16-48(42-53)51-34-38-62-61-25-7-11-31-71(61)88-74(62)47-51)82-80(84-81)54-18-13-21-56(43-54)86-67-28-8-4-22-58(67)59-23-5-9-29-68(59)86/h1-47H. The zero-order valence-corrected chi connectivity index (χ0v) is 48.4. The summed E-state index contributed by atoms with van der Waals surface area (Å²) in [7, 11) is 0. The van der Waals surface area contributed by atoms with Crippen LogP contribution in [-0.2, 0) is 0 Å². The Bertz CT molecular complexity index is 6090. The largest absolute Gasteiger partial charge is 0.456 e. The van der Waals surface area contributed by atoms with E-state index in [1.165, 1.54) is 63.9 Å². The molecule has 0 spiro atoms. The third-order valence-electron chi connectivity index (χ3n) is 18.0. The molecule has 0 saturated carbocycles. The SMILES string of the molecule is c1ccc(-n2c3ccccc3c3cc(-c4cccc5sc6ccc(-c7ccc8oc9cccc(-c%10nc(-c%11cccc(-c%12ccc%13c(c%12)oc%12ccccc%12%13)c%11)nc(-c%11cccc(-n%12c%13ccccc%13c%13ccccc%13%12)c%11)n%10)c9c8c7)cc6c45)ccc32)cc1. The Morgan fingerprint density at radius 1 is 0.247 bits per heavy atom. The zero-order valence-electron chi connectivity index (χ0n) is 47.6. The number of para-hydroxylation sites is 5. The van der Waals surface area contributed by atoms with Gasteiger partial charge >= 0.3 is 0 Å². The molecule has 0 N–H and O–H groups in total. The summed E-state index contributed by atoms with van der Waals surface area (Å²) in [6, 6.07) is 102. The van der Waals surface area contributed by atoms with E-state index in [1.807, 2.05) is 35.6 Å². The molecule has 0 amide bonds. The van der Waals surface area contributed by atoms with E-state index >= 15 is 0 Å². The van der Waals surface area contributed by atoms with E-state index in [1.54, 1.807) is 0 Å². The second-order valence-electron chi connectivity index (χ2n) is 23.0. The van der Waals surface area contributed by atoms with Crippen LogP contribution in [0.15, 0.2) is 294 Å². The third kappa shape index (κ3) is 7.80. The Morgan fingerprint density at radius 2 is 0.753 bits per heavy atom. The summed E-state index contributed by atoms with van der Waals surface area (Å²) in [5, 5.41) is 11.5. The number of nitrogens with zero attached hydrogens (tertiary/aromatic N) is 5. The van der Waals surface area contributed by atoms with Crippen LogP contribution in [0.5, 0.6) is 0 Å². The first kappa shape index (κ1) is 49.5. The Kier molecular flexibility index (Phi) is 10.8. The number of aromatic nitrogens is 5. The highest BCUT2D eigenvalue weighted by Crippen LogP contribution is 2.46. The van der Waals surface area contributed by atoms with Crippen molar-refractivity contribution < 1.29 is 8.83 Å². The molecule has 0 bridgehead atoms. The predicted octanol–water partition coefficient (Wildman–Crippen LogP) is 22.2. The quantitative estimate of drug-likeness (QED) is 0.152. The van der Waals surface area contributed by atoms with E-state index in [2.05, 4.69) is 270 Å². The molecule has 19 rings (SSSR count). The summed E-state index contributed by atoms with van der Waals surface area (Å²) in [6.07, 6.45) is 0. The van der Waals surface area contributed by atoms with Crippen molar-refractivity contribution >= 4 is 119 Å². The van der Waals surface area contributed by atoms with Crippen molar-refractivity contribution in [3.05, 3.63) is 285 Å². The minimum Gasteiger partial charge on any atom is -0.456 e. The van der Waals surface area contributed by atoms with E-state index in [9.17, 15) is 0 Å². The molecule has 0 aliphatic carbocycles. The van der Waals surface area contributed by atoms with Crippen LogP contribution in [0.1, 0.15) is 0 Å². The van der Waals surface area contributed by atoms with Gasteiger partial charge in [-0.2, -0.15) is 0 Å². The van der Waals surface area contributed by atoms with E-state index in [0.717, 1.165) is 105 Å². The average Bonchev–Trinajstić information content (AvgIpc) is 1.81. The van der Waals surface area contributed by atoms with Gasteiger partial charge in [0.05, 0.1) is 22.1 Å². The van der Waals surface area contributed by atoms with E-state index in [4.69, 9.17) is 23.8 Å². The molecule has 89 heavy (non-hydrogen) atoms. The van der Waals surface area contributed by atoms with Gasteiger partial charge in [-0.1, -0.05) is 170 Å². The molecule has 7 nitrogen and oxygen atoms in total. The van der Waals surface area contributed by atoms with E-state index < -0.39 is 0 Å². The molecule has 13 aromatic carbocycles. The van der Waals surface area contributed by atoms with Crippen LogP contribution < -0.4 is 0 Å². The normalized spacial score (nSPS) is 12.0. The number of rotatable bonds is 8. The highest BCUT2D eigenvalue weighted by molar-refractivity contribution is 7.26. The second-order valence-corrected chi connectivity index (χ2v) is 24.1. The molecular weight excluding hydrogens is 1110 g/mol. The Balaban J connectivity index is 0.757. The lowest BCUT2D eigenvalue weighted by molar-refractivity contribution is 0.668. The maximum absolute atomic E-state index is 6.76. The molecule has 0 unspecified atom stereocenters. The van der Waals surface area contributed by atoms with Gasteiger partial charge in [0.1, 0.15) is 22.3 Å². The summed E-state index contributed by atoms with van der Waals surface area (Å²) < 4.78 is 20.3. The number of furan rings is 2. The molecule has 6 aromatic heterocycles. The summed E-state index contributed by atoms with van der Waals surface area (Å²) >= 11 is 1.84. The van der Waals surface area contributed by atoms with Gasteiger partial charge in [0.15, 0.2) is 17.5 Å². The number of hydrogen-bond acceptors (Lipinski definition) is 6. The summed E-state index contributed by atoms with van der Waals surface area (Å²) in [4.78, 5) is 16.3. The maximum atomic E-state index is 6.76. The van der Waals surface area contributed by atoms with Crippen molar-refractivity contribution in [2.45, 2.75) is 0 Å². The van der Waals surface area contributed by atoms with E-state index in [-0.39, 0.29) is 0 Å². The highest BCUT2D eigenvalue weighted by Gasteiger charge is 2.22. The van der Waals surface area contributed by atoms with Gasteiger partial charge in [0, 0.05) is 91.3 Å². The predicted molar refractivity (Wildman–Crippen MR) is 369 cm³/mol. The number of fused-ring (bicyclic) bond motifs is 15. The Hall–Kier alpha value is -11.7. The van der Waals surface area contributed by atoms with Gasteiger partial charge in [0.2, 0.25) is 0 Å². The average molecular weight is 1150 g/mol. The first-order chi connectivity index (χ1) is 44.1. The molecule has 414 valence electrons. The molecule has 19 aromatic rings. The molecule has 0 saturated heterocycles. The first-order valence-corrected chi connectivity index (χ1v) is 30.8. The minimum absolute atomic E-state index is 0.543. The molecular formula is C81H47N5O2S. The lowest BCUT2D eigenvalue weighted by Gasteiger charge is -2.12. The van der Waals surface area contributed by atoms with Gasteiger partial charge in [-0.05, 0) is 149 Å². The Labute approximate surface area is 512 Å². The van der Waals surface area contributed by atoms with Gasteiger partial charge in [0.25, 0.3) is 0 Å². The molecule has 0 fully saturated rings. The molecule has 0 atom stereocenters. The van der Waals surface area contributed by atoms with Crippen LogP contribution in [0.2, 0.25) is 0 Å². The fourth-order valence-corrected chi connectivity index (χ4v) is 15.0. The molecule has 0 aliphatic heterocycles. The summed E-state index contributed by atoms with van der Waals surface area (Å²) in [6.45, 7) is 0. The monoisotopic (exact) mass is 1150 g/mol. The highest BCUT2D eigenvalue weighted by atomic mass is 32.1. The van der Waals surface area contributed by atoms with Crippen molar-refractivity contribution in [2.75, 3.05) is 0 Å². The molecule has 0 radical (unpaired) electrons. The number of benzene rings is 13. The number of hydrogen-bond donors (Lipinski definition) is 0. The van der Waals surface area contributed by atoms with Gasteiger partial charge in [-0.3, -0.25) is 0 Å². The first-order valence-electron chi connectivity index (χ1n) is 30.0. The fourth-order valence-electron chi connectivity index (χ4n) is 13.9. The van der Waals surface area contributed by atoms with Crippen LogP contribution in [-0.4, -0.2) is 24.1 Å². The summed E-state index contributed by atoms with van der Waals surface area (Å²) in [5.41, 5.74) is 19.3. The fraction of sp³-hybridized carbons (Fsp3) is 0. The molecule has 8 heteroatoms. The van der Waals surface area contributed by atoms with Crippen LogP contribution in [0.25, 0.3) is 187 Å². The topological polar surface area (TPSA) is 74.8 Å². The zero-order chi connectivity index (χ0) is 58.3. The van der Waals surface area contributed by atoms with Crippen molar-refractivity contribution in [2.24, 2.45) is 0 Å².